The van der Waals surface area contributed by atoms with Crippen LogP contribution in [-0.4, -0.2) is 54.7 Å². The quantitative estimate of drug-likeness (QED) is 0.341. The van der Waals surface area contributed by atoms with E-state index in [2.05, 4.69) is 17.4 Å². The van der Waals surface area contributed by atoms with Gasteiger partial charge < -0.3 is 19.7 Å². The van der Waals surface area contributed by atoms with Crippen LogP contribution < -0.4 is 10.1 Å². The summed E-state index contributed by atoms with van der Waals surface area (Å²) in [7, 11) is 1.64. The van der Waals surface area contributed by atoms with Gasteiger partial charge in [-0.15, -0.1) is 0 Å². The number of likely N-dealkylation sites (tertiary alicyclic amines) is 1. The molecule has 1 aliphatic carbocycles. The number of nitrogens with zero attached hydrogens (tertiary/aromatic N) is 2. The first-order chi connectivity index (χ1) is 18.1. The molecule has 2 aromatic rings. The molecule has 1 heterocycles. The molecule has 1 aliphatic heterocycles. The van der Waals surface area contributed by atoms with Crippen molar-refractivity contribution in [3.8, 4) is 5.75 Å². The van der Waals surface area contributed by atoms with Crippen LogP contribution in [0.15, 0.2) is 42.5 Å². The second-order valence-corrected chi connectivity index (χ2v) is 9.84. The maximum atomic E-state index is 13.2. The zero-order valence-electron chi connectivity index (χ0n) is 21.2. The minimum atomic E-state index is -4.82. The van der Waals surface area contributed by atoms with Crippen molar-refractivity contribution in [2.24, 2.45) is 0 Å². The summed E-state index contributed by atoms with van der Waals surface area (Å²) < 4.78 is 50.8. The Balaban J connectivity index is 1.19. The average Bonchev–Trinajstić information content (AvgIpc) is 2.92. The summed E-state index contributed by atoms with van der Waals surface area (Å²) in [6.07, 6.45) is -0.455. The van der Waals surface area contributed by atoms with Crippen molar-refractivity contribution in [2.75, 3.05) is 32.1 Å². The van der Waals surface area contributed by atoms with Gasteiger partial charge in [-0.3, -0.25) is 14.9 Å². The Kier molecular flexibility index (Phi) is 8.76. The molecule has 0 atom stereocenters. The van der Waals surface area contributed by atoms with Crippen LogP contribution >= 0.6 is 0 Å². The molecule has 1 N–H and O–H groups in total. The van der Waals surface area contributed by atoms with Crippen molar-refractivity contribution < 1.29 is 32.4 Å². The number of hydrogen-bond donors (Lipinski definition) is 1. The smallest absolute Gasteiger partial charge is 0.423 e. The van der Waals surface area contributed by atoms with Crippen LogP contribution in [0, 0.1) is 10.1 Å². The Bertz CT molecular complexity index is 1110. The maximum absolute atomic E-state index is 13.2. The van der Waals surface area contributed by atoms with E-state index in [9.17, 15) is 28.1 Å². The zero-order valence-corrected chi connectivity index (χ0v) is 21.2. The number of amides is 1. The first-order valence-corrected chi connectivity index (χ1v) is 12.8. The summed E-state index contributed by atoms with van der Waals surface area (Å²) in [6, 6.07) is 10.9. The highest BCUT2D eigenvalue weighted by molar-refractivity contribution is 5.77. The maximum Gasteiger partial charge on any atom is 0.423 e. The molecular formula is C27H32F3N3O5. The third-order valence-corrected chi connectivity index (χ3v) is 7.42. The van der Waals surface area contributed by atoms with Crippen molar-refractivity contribution >= 4 is 17.3 Å². The number of nitro benzene ring substituents is 1. The molecular weight excluding hydrogens is 503 g/mol. The number of nitrogens with one attached hydrogen (secondary N) is 1. The standard InChI is InChI=1S/C27H32F3N3O5/c1-37-22-7-2-18(3-8-22)19-12-14-32(15-13-19)26(34)17-38-23-9-4-20(5-10-23)31-21-6-11-25(33(35)36)24(16-21)27(28,29)30/h2-3,6-8,11,16,19-20,23,31H,4-5,9-10,12-15,17H2,1H3. The van der Waals surface area contributed by atoms with Crippen molar-refractivity contribution in [1.29, 1.82) is 0 Å². The number of halogens is 3. The van der Waals surface area contributed by atoms with Crippen molar-refractivity contribution in [2.45, 2.75) is 62.8 Å². The molecule has 2 fully saturated rings. The lowest BCUT2D eigenvalue weighted by Gasteiger charge is -2.33. The van der Waals surface area contributed by atoms with Gasteiger partial charge in [0.1, 0.15) is 17.9 Å². The zero-order chi connectivity index (χ0) is 27.3. The Labute approximate surface area is 219 Å². The molecule has 1 saturated carbocycles. The number of nitro groups is 1. The number of alkyl halides is 3. The predicted molar refractivity (Wildman–Crippen MR) is 135 cm³/mol. The Hall–Kier alpha value is -3.34. The lowest BCUT2D eigenvalue weighted by Crippen LogP contribution is -2.41. The highest BCUT2D eigenvalue weighted by atomic mass is 19.4. The van der Waals surface area contributed by atoms with E-state index in [0.29, 0.717) is 44.7 Å². The monoisotopic (exact) mass is 535 g/mol. The molecule has 1 saturated heterocycles. The fourth-order valence-corrected chi connectivity index (χ4v) is 5.24. The van der Waals surface area contributed by atoms with E-state index in [1.165, 1.54) is 11.6 Å². The molecule has 1 amide bonds. The van der Waals surface area contributed by atoms with Gasteiger partial charge in [0, 0.05) is 30.9 Å². The third-order valence-electron chi connectivity index (χ3n) is 7.42. The number of ether oxygens (including phenoxy) is 2. The first kappa shape index (κ1) is 27.7. The Morgan fingerprint density at radius 2 is 1.71 bits per heavy atom. The summed E-state index contributed by atoms with van der Waals surface area (Å²) in [4.78, 5) is 24.5. The van der Waals surface area contributed by atoms with Gasteiger partial charge in [0.2, 0.25) is 5.91 Å². The van der Waals surface area contributed by atoms with E-state index in [1.807, 2.05) is 17.0 Å². The van der Waals surface area contributed by atoms with Gasteiger partial charge in [-0.05, 0) is 74.3 Å². The Morgan fingerprint density at radius 3 is 2.29 bits per heavy atom. The van der Waals surface area contributed by atoms with E-state index in [-0.39, 0.29) is 30.3 Å². The van der Waals surface area contributed by atoms with Crippen LogP contribution in [0.4, 0.5) is 24.5 Å². The normalized spacial score (nSPS) is 20.7. The van der Waals surface area contributed by atoms with E-state index < -0.39 is 22.4 Å². The van der Waals surface area contributed by atoms with Crippen LogP contribution in [0.5, 0.6) is 5.75 Å². The number of piperidine rings is 1. The lowest BCUT2D eigenvalue weighted by molar-refractivity contribution is -0.388. The molecule has 4 rings (SSSR count). The second-order valence-electron chi connectivity index (χ2n) is 9.84. The highest BCUT2D eigenvalue weighted by Crippen LogP contribution is 2.38. The summed E-state index contributed by atoms with van der Waals surface area (Å²) in [6.45, 7) is 1.39. The molecule has 0 aromatic heterocycles. The molecule has 8 nitrogen and oxygen atoms in total. The molecule has 38 heavy (non-hydrogen) atoms. The fraction of sp³-hybridized carbons (Fsp3) is 0.519. The second kappa shape index (κ2) is 12.0. The number of anilines is 1. The summed E-state index contributed by atoms with van der Waals surface area (Å²) >= 11 is 0. The molecule has 11 heteroatoms. The minimum absolute atomic E-state index is 0.0211. The van der Waals surface area contributed by atoms with Crippen molar-refractivity contribution in [3.63, 3.8) is 0 Å². The molecule has 2 aromatic carbocycles. The van der Waals surface area contributed by atoms with E-state index >= 15 is 0 Å². The topological polar surface area (TPSA) is 93.9 Å². The van der Waals surface area contributed by atoms with Gasteiger partial charge in [-0.1, -0.05) is 12.1 Å². The number of carbonyl (C=O) groups excluding carboxylic acids is 1. The van der Waals surface area contributed by atoms with Gasteiger partial charge in [0.15, 0.2) is 0 Å². The third kappa shape index (κ3) is 6.94. The van der Waals surface area contributed by atoms with E-state index in [4.69, 9.17) is 9.47 Å². The number of rotatable bonds is 8. The van der Waals surface area contributed by atoms with Crippen LogP contribution in [0.1, 0.15) is 55.6 Å². The molecule has 0 unspecified atom stereocenters. The van der Waals surface area contributed by atoms with Gasteiger partial charge in [0.05, 0.1) is 18.1 Å². The first-order valence-electron chi connectivity index (χ1n) is 12.8. The van der Waals surface area contributed by atoms with Crippen LogP contribution in [0.25, 0.3) is 0 Å². The predicted octanol–water partition coefficient (Wildman–Crippen LogP) is 5.77. The highest BCUT2D eigenvalue weighted by Gasteiger charge is 2.38. The molecule has 0 spiro atoms. The number of methoxy groups -OCH3 is 1. The van der Waals surface area contributed by atoms with Crippen LogP contribution in [-0.2, 0) is 15.7 Å². The summed E-state index contributed by atoms with van der Waals surface area (Å²) in [5.74, 6) is 1.21. The number of benzene rings is 2. The average molecular weight is 536 g/mol. The Morgan fingerprint density at radius 1 is 1.05 bits per heavy atom. The number of carbonyl (C=O) groups is 1. The van der Waals surface area contributed by atoms with Gasteiger partial charge in [-0.25, -0.2) is 0 Å². The van der Waals surface area contributed by atoms with Gasteiger partial charge >= 0.3 is 6.18 Å². The molecule has 0 bridgehead atoms. The van der Waals surface area contributed by atoms with Gasteiger partial charge in [-0.2, -0.15) is 13.2 Å². The van der Waals surface area contributed by atoms with Gasteiger partial charge in [0.25, 0.3) is 5.69 Å². The largest absolute Gasteiger partial charge is 0.497 e. The number of hydrogen-bond acceptors (Lipinski definition) is 6. The summed E-state index contributed by atoms with van der Waals surface area (Å²) in [5.41, 5.74) is -0.783. The minimum Gasteiger partial charge on any atom is -0.497 e. The molecule has 2 aliphatic rings. The van der Waals surface area contributed by atoms with Crippen molar-refractivity contribution in [1.82, 2.24) is 4.90 Å². The van der Waals surface area contributed by atoms with Crippen LogP contribution in [0.3, 0.4) is 0 Å². The van der Waals surface area contributed by atoms with E-state index in [0.717, 1.165) is 30.7 Å². The van der Waals surface area contributed by atoms with E-state index in [1.54, 1.807) is 7.11 Å². The molecule has 0 radical (unpaired) electrons. The van der Waals surface area contributed by atoms with Crippen LogP contribution in [0.2, 0.25) is 0 Å². The fourth-order valence-electron chi connectivity index (χ4n) is 5.24. The molecule has 206 valence electrons. The lowest BCUT2D eigenvalue weighted by atomic mass is 9.89. The van der Waals surface area contributed by atoms with Crippen molar-refractivity contribution in [3.05, 3.63) is 63.7 Å². The SMILES string of the molecule is COc1ccc(C2CCN(C(=O)COC3CCC(Nc4ccc([N+](=O)[O-])c(C(F)(F)F)c4)CC3)CC2)cc1. The summed E-state index contributed by atoms with van der Waals surface area (Å²) in [5, 5.41) is 14.0.